The van der Waals surface area contributed by atoms with Gasteiger partial charge in [0.25, 0.3) is 0 Å². The predicted octanol–water partition coefficient (Wildman–Crippen LogP) is 3.15. The number of likely N-dealkylation sites (N-methyl/N-ethyl adjacent to an activating group) is 1. The first-order valence-corrected chi connectivity index (χ1v) is 7.74. The van der Waals surface area contributed by atoms with Crippen LogP contribution in [0.1, 0.15) is 5.56 Å². The van der Waals surface area contributed by atoms with E-state index in [-0.39, 0.29) is 17.9 Å². The van der Waals surface area contributed by atoms with Crippen LogP contribution in [0.25, 0.3) is 4.91 Å². The summed E-state index contributed by atoms with van der Waals surface area (Å²) >= 11 is 7.60. The zero-order valence-electron chi connectivity index (χ0n) is 11.8. The molecule has 20 heavy (non-hydrogen) atoms. The summed E-state index contributed by atoms with van der Waals surface area (Å²) in [6.45, 7) is 0. The van der Waals surface area contributed by atoms with E-state index in [2.05, 4.69) is 11.0 Å². The maximum atomic E-state index is 11.9. The third kappa shape index (κ3) is 3.37. The van der Waals surface area contributed by atoms with Gasteiger partial charge in [0.05, 0.1) is 13.0 Å². The largest absolute Gasteiger partial charge is 0.469 e. The molecular weight excluding hydrogens is 294 g/mol. The maximum Gasteiger partial charge on any atom is 0.311 e. The van der Waals surface area contributed by atoms with Gasteiger partial charge < -0.3 is 9.64 Å². The van der Waals surface area contributed by atoms with E-state index in [0.29, 0.717) is 0 Å². The van der Waals surface area contributed by atoms with Crippen LogP contribution < -0.4 is 0 Å². The Morgan fingerprint density at radius 1 is 1.35 bits per heavy atom. The number of ether oxygens (including phenoxy) is 1. The molecule has 1 aromatic carbocycles. The highest BCUT2D eigenvalue weighted by Crippen LogP contribution is 2.37. The molecule has 5 heteroatoms. The first-order chi connectivity index (χ1) is 9.52. The molecule has 2 unspecified atom stereocenters. The quantitative estimate of drug-likeness (QED) is 0.802. The summed E-state index contributed by atoms with van der Waals surface area (Å²) in [7, 11) is 5.40. The topological polar surface area (TPSA) is 29.5 Å². The van der Waals surface area contributed by atoms with Gasteiger partial charge in [-0.3, -0.25) is 4.79 Å². The van der Waals surface area contributed by atoms with Gasteiger partial charge in [-0.1, -0.05) is 29.8 Å². The summed E-state index contributed by atoms with van der Waals surface area (Å²) in [5.74, 6) is 0.447. The van der Waals surface area contributed by atoms with Crippen molar-refractivity contribution in [2.75, 3.05) is 27.0 Å². The van der Waals surface area contributed by atoms with E-state index >= 15 is 0 Å². The molecule has 1 heterocycles. The SMILES string of the molecule is COC(=O)C1CSC(c2ccc(Cl)cc2)=CC1N(C)C. The maximum absolute atomic E-state index is 11.9. The molecule has 0 aliphatic carbocycles. The number of halogens is 1. The van der Waals surface area contributed by atoms with Gasteiger partial charge >= 0.3 is 5.97 Å². The van der Waals surface area contributed by atoms with Crippen molar-refractivity contribution in [1.82, 2.24) is 4.90 Å². The van der Waals surface area contributed by atoms with Crippen LogP contribution in [0.5, 0.6) is 0 Å². The second-order valence-electron chi connectivity index (χ2n) is 4.93. The molecule has 1 aliphatic heterocycles. The monoisotopic (exact) mass is 311 g/mol. The highest BCUT2D eigenvalue weighted by atomic mass is 35.5. The molecule has 0 bridgehead atoms. The minimum atomic E-state index is -0.150. The second-order valence-corrected chi connectivity index (χ2v) is 6.43. The number of hydrogen-bond acceptors (Lipinski definition) is 4. The Morgan fingerprint density at radius 2 is 2.00 bits per heavy atom. The zero-order chi connectivity index (χ0) is 14.7. The Hall–Kier alpha value is -0.970. The molecule has 0 fully saturated rings. The standard InChI is InChI=1S/C15H18ClNO2S/c1-17(2)13-8-14(10-4-6-11(16)7-5-10)20-9-12(13)15(18)19-3/h4-8,12-13H,9H2,1-3H3. The van der Waals surface area contributed by atoms with E-state index in [1.165, 1.54) is 12.0 Å². The molecule has 0 saturated heterocycles. The van der Waals surface area contributed by atoms with Gasteiger partial charge in [0.2, 0.25) is 0 Å². The number of esters is 1. The van der Waals surface area contributed by atoms with Crippen LogP contribution >= 0.6 is 23.4 Å². The fourth-order valence-electron chi connectivity index (χ4n) is 2.26. The van der Waals surface area contributed by atoms with Gasteiger partial charge in [-0.25, -0.2) is 0 Å². The number of nitrogens with zero attached hydrogens (tertiary/aromatic N) is 1. The molecule has 0 amide bonds. The summed E-state index contributed by atoms with van der Waals surface area (Å²) < 4.78 is 4.90. The first-order valence-electron chi connectivity index (χ1n) is 6.37. The molecular formula is C15H18ClNO2S. The number of rotatable bonds is 3. The fourth-order valence-corrected chi connectivity index (χ4v) is 3.62. The number of benzene rings is 1. The predicted molar refractivity (Wildman–Crippen MR) is 84.9 cm³/mol. The molecule has 1 aromatic rings. The van der Waals surface area contributed by atoms with Crippen LogP contribution in [0.3, 0.4) is 0 Å². The Labute approximate surface area is 128 Å². The lowest BCUT2D eigenvalue weighted by atomic mass is 9.98. The molecule has 0 radical (unpaired) electrons. The first kappa shape index (κ1) is 15.4. The molecule has 0 N–H and O–H groups in total. The van der Waals surface area contributed by atoms with E-state index in [1.807, 2.05) is 38.4 Å². The molecule has 0 spiro atoms. The van der Waals surface area contributed by atoms with E-state index in [1.54, 1.807) is 11.8 Å². The van der Waals surface area contributed by atoms with E-state index in [0.717, 1.165) is 16.3 Å². The molecule has 2 rings (SSSR count). The van der Waals surface area contributed by atoms with Gasteiger partial charge in [0.1, 0.15) is 0 Å². The molecule has 1 aliphatic rings. The van der Waals surface area contributed by atoms with Gasteiger partial charge in [-0.2, -0.15) is 0 Å². The van der Waals surface area contributed by atoms with Gasteiger partial charge in [0.15, 0.2) is 0 Å². The highest BCUT2D eigenvalue weighted by molar-refractivity contribution is 8.08. The smallest absolute Gasteiger partial charge is 0.311 e. The summed E-state index contributed by atoms with van der Waals surface area (Å²) in [6, 6.07) is 7.83. The highest BCUT2D eigenvalue weighted by Gasteiger charge is 2.33. The molecule has 0 saturated carbocycles. The van der Waals surface area contributed by atoms with E-state index in [4.69, 9.17) is 16.3 Å². The Kier molecular flexibility index (Phi) is 5.13. The fraction of sp³-hybridized carbons (Fsp3) is 0.400. The van der Waals surface area contributed by atoms with Crippen LogP contribution in [0.4, 0.5) is 0 Å². The third-order valence-electron chi connectivity index (χ3n) is 3.38. The van der Waals surface area contributed by atoms with Crippen molar-refractivity contribution in [2.45, 2.75) is 6.04 Å². The summed E-state index contributed by atoms with van der Waals surface area (Å²) in [6.07, 6.45) is 2.14. The van der Waals surface area contributed by atoms with Crippen molar-refractivity contribution < 1.29 is 9.53 Å². The number of thioether (sulfide) groups is 1. The number of carbonyl (C=O) groups is 1. The van der Waals surface area contributed by atoms with Crippen molar-refractivity contribution in [1.29, 1.82) is 0 Å². The molecule has 108 valence electrons. The third-order valence-corrected chi connectivity index (χ3v) is 4.84. The van der Waals surface area contributed by atoms with Crippen molar-refractivity contribution in [2.24, 2.45) is 5.92 Å². The van der Waals surface area contributed by atoms with Gasteiger partial charge in [-0.15, -0.1) is 11.8 Å². The molecule has 3 nitrogen and oxygen atoms in total. The molecule has 0 aromatic heterocycles. The van der Waals surface area contributed by atoms with Crippen LogP contribution in [0.15, 0.2) is 30.3 Å². The lowest BCUT2D eigenvalue weighted by Crippen LogP contribution is -2.41. The summed E-state index contributed by atoms with van der Waals surface area (Å²) in [5.41, 5.74) is 1.13. The normalized spacial score (nSPS) is 22.6. The van der Waals surface area contributed by atoms with Crippen molar-refractivity contribution >= 4 is 34.2 Å². The Balaban J connectivity index is 2.28. The summed E-state index contributed by atoms with van der Waals surface area (Å²) in [4.78, 5) is 15.1. The number of methoxy groups -OCH3 is 1. The lowest BCUT2D eigenvalue weighted by molar-refractivity contribution is -0.146. The van der Waals surface area contributed by atoms with E-state index in [9.17, 15) is 4.79 Å². The van der Waals surface area contributed by atoms with E-state index < -0.39 is 0 Å². The van der Waals surface area contributed by atoms with Gasteiger partial charge in [0, 0.05) is 21.7 Å². The zero-order valence-corrected chi connectivity index (χ0v) is 13.4. The van der Waals surface area contributed by atoms with Crippen molar-refractivity contribution in [3.63, 3.8) is 0 Å². The number of hydrogen-bond donors (Lipinski definition) is 0. The van der Waals surface area contributed by atoms with Crippen LogP contribution in [0, 0.1) is 5.92 Å². The van der Waals surface area contributed by atoms with Crippen LogP contribution in [-0.2, 0) is 9.53 Å². The number of carbonyl (C=O) groups excluding carboxylic acids is 1. The molecule has 2 atom stereocenters. The summed E-state index contributed by atoms with van der Waals surface area (Å²) in [5, 5.41) is 0.728. The average molecular weight is 312 g/mol. The van der Waals surface area contributed by atoms with Crippen molar-refractivity contribution in [3.05, 3.63) is 40.9 Å². The Morgan fingerprint density at radius 3 is 2.55 bits per heavy atom. The lowest BCUT2D eigenvalue weighted by Gasteiger charge is -2.32. The minimum absolute atomic E-state index is 0.0504. The average Bonchev–Trinajstić information content (AvgIpc) is 2.46. The van der Waals surface area contributed by atoms with Crippen LogP contribution in [0.2, 0.25) is 5.02 Å². The second kappa shape index (κ2) is 6.66. The Bertz CT molecular complexity index is 513. The van der Waals surface area contributed by atoms with Crippen molar-refractivity contribution in [3.8, 4) is 0 Å². The minimum Gasteiger partial charge on any atom is -0.469 e. The van der Waals surface area contributed by atoms with Gasteiger partial charge in [-0.05, 0) is 31.8 Å². The van der Waals surface area contributed by atoms with Crippen LogP contribution in [-0.4, -0.2) is 43.9 Å².